The molecule has 0 aliphatic heterocycles. The van der Waals surface area contributed by atoms with Gasteiger partial charge in [-0.25, -0.2) is 0 Å². The van der Waals surface area contributed by atoms with Gasteiger partial charge in [-0.15, -0.1) is 0 Å². The molecule has 2 N–H and O–H groups in total. The third kappa shape index (κ3) is 5.28. The van der Waals surface area contributed by atoms with E-state index in [1.54, 1.807) is 86.2 Å². The molecule has 0 saturated heterocycles. The molecule has 0 fully saturated rings. The first-order chi connectivity index (χ1) is 13.6. The normalized spacial score (nSPS) is 10.5. The van der Waals surface area contributed by atoms with Crippen LogP contribution in [0.5, 0.6) is 11.5 Å². The molecule has 0 bridgehead atoms. The number of benzene rings is 2. The number of anilines is 1. The highest BCUT2D eigenvalue weighted by molar-refractivity contribution is 6.02. The Kier molecular flexibility index (Phi) is 6.15. The fourth-order valence-corrected chi connectivity index (χ4v) is 2.39. The summed E-state index contributed by atoms with van der Waals surface area (Å²) in [6, 6.07) is 17.6. The fraction of sp³-hybridized carbons (Fsp3) is 0.0455. The van der Waals surface area contributed by atoms with Crippen LogP contribution in [0.25, 0.3) is 6.08 Å². The van der Waals surface area contributed by atoms with Crippen molar-refractivity contribution in [2.75, 3.05) is 12.4 Å². The van der Waals surface area contributed by atoms with E-state index in [0.29, 0.717) is 22.7 Å². The second-order valence-corrected chi connectivity index (χ2v) is 5.83. The van der Waals surface area contributed by atoms with Crippen LogP contribution in [0.2, 0.25) is 0 Å². The Hall–Kier alpha value is -3.93. The Balaban J connectivity index is 1.55. The van der Waals surface area contributed by atoms with Gasteiger partial charge < -0.3 is 15.4 Å². The average Bonchev–Trinajstić information content (AvgIpc) is 2.74. The molecule has 0 atom stereocenters. The Morgan fingerprint density at radius 2 is 1.54 bits per heavy atom. The van der Waals surface area contributed by atoms with Gasteiger partial charge in [0.15, 0.2) is 0 Å². The minimum atomic E-state index is -0.252. The van der Waals surface area contributed by atoms with Crippen molar-refractivity contribution in [3.05, 3.63) is 90.3 Å². The van der Waals surface area contributed by atoms with Gasteiger partial charge in [-0.1, -0.05) is 12.1 Å². The van der Waals surface area contributed by atoms with E-state index in [2.05, 4.69) is 15.6 Å². The molecule has 6 heteroatoms. The molecule has 6 nitrogen and oxygen atoms in total. The maximum absolute atomic E-state index is 12.1. The van der Waals surface area contributed by atoms with Crippen molar-refractivity contribution in [1.82, 2.24) is 10.3 Å². The van der Waals surface area contributed by atoms with Crippen LogP contribution in [0.3, 0.4) is 0 Å². The summed E-state index contributed by atoms with van der Waals surface area (Å²) in [5.74, 6) is 0.955. The van der Waals surface area contributed by atoms with Crippen molar-refractivity contribution in [2.45, 2.75) is 0 Å². The summed E-state index contributed by atoms with van der Waals surface area (Å²) in [4.78, 5) is 27.5. The number of pyridine rings is 1. The highest BCUT2D eigenvalue weighted by Crippen LogP contribution is 2.22. The number of hydrogen-bond acceptors (Lipinski definition) is 4. The van der Waals surface area contributed by atoms with Crippen molar-refractivity contribution in [1.29, 1.82) is 0 Å². The third-order valence-corrected chi connectivity index (χ3v) is 3.83. The van der Waals surface area contributed by atoms with E-state index in [1.165, 1.54) is 6.08 Å². The largest absolute Gasteiger partial charge is 0.457 e. The summed E-state index contributed by atoms with van der Waals surface area (Å²) in [6.45, 7) is 0. The molecule has 0 saturated carbocycles. The highest BCUT2D eigenvalue weighted by atomic mass is 16.5. The summed E-state index contributed by atoms with van der Waals surface area (Å²) in [5, 5.41) is 5.35. The van der Waals surface area contributed by atoms with E-state index in [9.17, 15) is 9.59 Å². The van der Waals surface area contributed by atoms with Gasteiger partial charge in [0, 0.05) is 36.8 Å². The van der Waals surface area contributed by atoms with Gasteiger partial charge in [0.05, 0.1) is 0 Å². The standard InChI is InChI=1S/C22H19N3O3/c1-23-22(27)17-5-2-16(3-6-17)4-11-21(26)25-18-7-9-19(10-8-18)28-20-12-14-24-15-13-20/h2-15H,1H3,(H,23,27)(H,25,26)/b11-4+. The predicted octanol–water partition coefficient (Wildman–Crippen LogP) is 3.89. The smallest absolute Gasteiger partial charge is 0.251 e. The van der Waals surface area contributed by atoms with Gasteiger partial charge in [0.1, 0.15) is 11.5 Å². The molecular formula is C22H19N3O3. The fourth-order valence-electron chi connectivity index (χ4n) is 2.39. The van der Waals surface area contributed by atoms with Gasteiger partial charge in [0.25, 0.3) is 5.91 Å². The number of ether oxygens (including phenoxy) is 1. The lowest BCUT2D eigenvalue weighted by molar-refractivity contribution is -0.111. The first-order valence-corrected chi connectivity index (χ1v) is 8.63. The van der Waals surface area contributed by atoms with E-state index in [-0.39, 0.29) is 11.8 Å². The summed E-state index contributed by atoms with van der Waals surface area (Å²) in [5.41, 5.74) is 2.05. The van der Waals surface area contributed by atoms with Gasteiger partial charge in [-0.3, -0.25) is 14.6 Å². The molecule has 28 heavy (non-hydrogen) atoms. The van der Waals surface area contributed by atoms with Gasteiger partial charge in [-0.05, 0) is 60.2 Å². The van der Waals surface area contributed by atoms with Crippen LogP contribution < -0.4 is 15.4 Å². The lowest BCUT2D eigenvalue weighted by atomic mass is 10.1. The zero-order valence-electron chi connectivity index (χ0n) is 15.3. The molecule has 0 aliphatic carbocycles. The highest BCUT2D eigenvalue weighted by Gasteiger charge is 2.02. The van der Waals surface area contributed by atoms with Crippen LogP contribution in [0.1, 0.15) is 15.9 Å². The molecule has 0 unspecified atom stereocenters. The Morgan fingerprint density at radius 1 is 0.893 bits per heavy atom. The second kappa shape index (κ2) is 9.14. The van der Waals surface area contributed by atoms with Crippen LogP contribution in [0, 0.1) is 0 Å². The van der Waals surface area contributed by atoms with E-state index in [4.69, 9.17) is 4.74 Å². The Labute approximate surface area is 162 Å². The minimum Gasteiger partial charge on any atom is -0.457 e. The zero-order chi connectivity index (χ0) is 19.8. The Bertz CT molecular complexity index is 966. The first-order valence-electron chi connectivity index (χ1n) is 8.63. The Morgan fingerprint density at radius 3 is 2.18 bits per heavy atom. The zero-order valence-corrected chi connectivity index (χ0v) is 15.3. The topological polar surface area (TPSA) is 80.3 Å². The molecule has 0 spiro atoms. The van der Waals surface area contributed by atoms with Gasteiger partial charge in [-0.2, -0.15) is 0 Å². The van der Waals surface area contributed by atoms with Crippen molar-refractivity contribution in [3.8, 4) is 11.5 Å². The molecule has 1 heterocycles. The summed E-state index contributed by atoms with van der Waals surface area (Å²) in [7, 11) is 1.58. The lowest BCUT2D eigenvalue weighted by Crippen LogP contribution is -2.17. The van der Waals surface area contributed by atoms with Crippen molar-refractivity contribution in [2.24, 2.45) is 0 Å². The minimum absolute atomic E-state index is 0.148. The number of hydrogen-bond donors (Lipinski definition) is 2. The van der Waals surface area contributed by atoms with Crippen molar-refractivity contribution >= 4 is 23.6 Å². The van der Waals surface area contributed by atoms with Crippen LogP contribution in [0.4, 0.5) is 5.69 Å². The second-order valence-electron chi connectivity index (χ2n) is 5.83. The van der Waals surface area contributed by atoms with Crippen molar-refractivity contribution < 1.29 is 14.3 Å². The SMILES string of the molecule is CNC(=O)c1ccc(/C=C/C(=O)Nc2ccc(Oc3ccncc3)cc2)cc1. The number of carbonyl (C=O) groups is 2. The number of rotatable bonds is 6. The third-order valence-electron chi connectivity index (χ3n) is 3.83. The molecule has 1 aromatic heterocycles. The number of aromatic nitrogens is 1. The summed E-state index contributed by atoms with van der Waals surface area (Å²) < 4.78 is 5.68. The number of carbonyl (C=O) groups excluding carboxylic acids is 2. The van der Waals surface area contributed by atoms with E-state index in [0.717, 1.165) is 5.56 Å². The molecule has 3 rings (SSSR count). The maximum atomic E-state index is 12.1. The molecule has 2 aromatic carbocycles. The first kappa shape index (κ1) is 18.8. The molecule has 0 radical (unpaired) electrons. The molecular weight excluding hydrogens is 354 g/mol. The van der Waals surface area contributed by atoms with E-state index >= 15 is 0 Å². The van der Waals surface area contributed by atoms with Crippen LogP contribution in [0.15, 0.2) is 79.1 Å². The van der Waals surface area contributed by atoms with Gasteiger partial charge in [0.2, 0.25) is 5.91 Å². The number of amides is 2. The lowest BCUT2D eigenvalue weighted by Gasteiger charge is -2.07. The van der Waals surface area contributed by atoms with Crippen molar-refractivity contribution in [3.63, 3.8) is 0 Å². The number of nitrogens with one attached hydrogen (secondary N) is 2. The molecule has 0 aliphatic rings. The summed E-state index contributed by atoms with van der Waals surface area (Å²) >= 11 is 0. The predicted molar refractivity (Wildman–Crippen MR) is 108 cm³/mol. The molecule has 140 valence electrons. The monoisotopic (exact) mass is 373 g/mol. The van der Waals surface area contributed by atoms with E-state index < -0.39 is 0 Å². The maximum Gasteiger partial charge on any atom is 0.251 e. The summed E-state index contributed by atoms with van der Waals surface area (Å²) in [6.07, 6.45) is 6.44. The quantitative estimate of drug-likeness (QED) is 0.643. The molecule has 2 amide bonds. The van der Waals surface area contributed by atoms with Crippen LogP contribution >= 0.6 is 0 Å². The molecule has 3 aromatic rings. The van der Waals surface area contributed by atoms with Crippen LogP contribution in [-0.4, -0.2) is 23.8 Å². The van der Waals surface area contributed by atoms with Crippen LogP contribution in [-0.2, 0) is 4.79 Å². The average molecular weight is 373 g/mol. The number of nitrogens with zero attached hydrogens (tertiary/aromatic N) is 1. The van der Waals surface area contributed by atoms with E-state index in [1.807, 2.05) is 0 Å². The van der Waals surface area contributed by atoms with Gasteiger partial charge >= 0.3 is 0 Å².